The fraction of sp³-hybridized carbons (Fsp3) is 0.444. The molecule has 0 aromatic carbocycles. The van der Waals surface area contributed by atoms with Crippen LogP contribution in [0.25, 0.3) is 0 Å². The average Bonchev–Trinajstić information content (AvgIpc) is 2.67. The lowest BCUT2D eigenvalue weighted by atomic mass is 10.1. The molecule has 21 heavy (non-hydrogen) atoms. The van der Waals surface area contributed by atoms with Crippen molar-refractivity contribution in [1.82, 2.24) is 9.97 Å². The molecule has 2 rings (SSSR count). The SMILES string of the molecule is Nc1ncnc(N[C@@H]2O[C@H](C(=O)O)[C@@H](O)[C@H]2O)c1[N+](=O)[O-]. The van der Waals surface area contributed by atoms with Gasteiger partial charge in [0.1, 0.15) is 18.5 Å². The lowest BCUT2D eigenvalue weighted by Gasteiger charge is -2.16. The number of nitrogens with two attached hydrogens (primary N) is 1. The largest absolute Gasteiger partial charge is 0.479 e. The summed E-state index contributed by atoms with van der Waals surface area (Å²) in [6.07, 6.45) is -5.46. The van der Waals surface area contributed by atoms with Gasteiger partial charge in [-0.3, -0.25) is 10.1 Å². The third-order valence-electron chi connectivity index (χ3n) is 2.82. The molecule has 1 aliphatic rings. The first kappa shape index (κ1) is 14.8. The topological polar surface area (TPSA) is 194 Å². The maximum absolute atomic E-state index is 10.9. The summed E-state index contributed by atoms with van der Waals surface area (Å²) < 4.78 is 4.89. The van der Waals surface area contributed by atoms with E-state index < -0.39 is 46.9 Å². The number of aromatic nitrogens is 2. The van der Waals surface area contributed by atoms with E-state index >= 15 is 0 Å². The zero-order valence-corrected chi connectivity index (χ0v) is 10.3. The van der Waals surface area contributed by atoms with Gasteiger partial charge >= 0.3 is 11.7 Å². The van der Waals surface area contributed by atoms with Crippen LogP contribution in [0.15, 0.2) is 6.33 Å². The number of aliphatic hydroxyl groups is 2. The molecule has 2 heterocycles. The van der Waals surface area contributed by atoms with Crippen LogP contribution in [0.2, 0.25) is 0 Å². The number of carbonyl (C=O) groups is 1. The molecule has 0 saturated carbocycles. The third-order valence-corrected chi connectivity index (χ3v) is 2.82. The Morgan fingerprint density at radius 1 is 1.43 bits per heavy atom. The summed E-state index contributed by atoms with van der Waals surface area (Å²) in [5.74, 6) is -2.27. The predicted octanol–water partition coefficient (Wildman–Crippen LogP) is -2.09. The molecular weight excluding hydrogens is 290 g/mol. The van der Waals surface area contributed by atoms with Crippen molar-refractivity contribution in [3.05, 3.63) is 16.4 Å². The molecule has 1 fully saturated rings. The van der Waals surface area contributed by atoms with Crippen LogP contribution in [0.4, 0.5) is 17.3 Å². The van der Waals surface area contributed by atoms with E-state index in [4.69, 9.17) is 15.6 Å². The Balaban J connectivity index is 2.25. The number of anilines is 2. The van der Waals surface area contributed by atoms with Gasteiger partial charge in [-0.15, -0.1) is 0 Å². The second-order valence-electron chi connectivity index (χ2n) is 4.15. The van der Waals surface area contributed by atoms with Gasteiger partial charge in [-0.05, 0) is 0 Å². The van der Waals surface area contributed by atoms with Gasteiger partial charge < -0.3 is 31.1 Å². The summed E-state index contributed by atoms with van der Waals surface area (Å²) in [5, 5.41) is 41.2. The lowest BCUT2D eigenvalue weighted by Crippen LogP contribution is -2.37. The Morgan fingerprint density at radius 2 is 2.10 bits per heavy atom. The Hall–Kier alpha value is -2.57. The van der Waals surface area contributed by atoms with Gasteiger partial charge in [0.05, 0.1) is 4.92 Å². The molecule has 12 nitrogen and oxygen atoms in total. The minimum atomic E-state index is -1.70. The van der Waals surface area contributed by atoms with E-state index in [1.807, 2.05) is 0 Å². The van der Waals surface area contributed by atoms with Crippen LogP contribution in [0.5, 0.6) is 0 Å². The Bertz CT molecular complexity index is 582. The normalized spacial score (nSPS) is 28.3. The van der Waals surface area contributed by atoms with Crippen molar-refractivity contribution in [3.8, 4) is 0 Å². The first-order chi connectivity index (χ1) is 9.82. The molecule has 12 heteroatoms. The predicted molar refractivity (Wildman–Crippen MR) is 65.0 cm³/mol. The second kappa shape index (κ2) is 5.43. The highest BCUT2D eigenvalue weighted by molar-refractivity contribution is 5.74. The molecule has 1 aromatic rings. The summed E-state index contributed by atoms with van der Waals surface area (Å²) in [6.45, 7) is 0. The van der Waals surface area contributed by atoms with Crippen molar-refractivity contribution in [2.75, 3.05) is 11.1 Å². The molecular formula is C9H11N5O7. The molecule has 0 radical (unpaired) electrons. The molecule has 0 unspecified atom stereocenters. The number of hydrogen-bond donors (Lipinski definition) is 5. The smallest absolute Gasteiger partial charge is 0.353 e. The van der Waals surface area contributed by atoms with Gasteiger partial charge in [-0.2, -0.15) is 0 Å². The molecule has 1 aromatic heterocycles. The Labute approximate surface area is 116 Å². The molecule has 1 aliphatic heterocycles. The van der Waals surface area contributed by atoms with E-state index in [1.165, 1.54) is 0 Å². The van der Waals surface area contributed by atoms with Gasteiger partial charge in [0.2, 0.25) is 11.6 Å². The number of aliphatic hydroxyl groups excluding tert-OH is 2. The highest BCUT2D eigenvalue weighted by atomic mass is 16.6. The summed E-state index contributed by atoms with van der Waals surface area (Å²) in [5.41, 5.74) is 4.70. The van der Waals surface area contributed by atoms with Crippen LogP contribution in [0, 0.1) is 10.1 Å². The van der Waals surface area contributed by atoms with Gasteiger partial charge in [0.25, 0.3) is 0 Å². The number of nitrogens with one attached hydrogen (secondary N) is 1. The maximum Gasteiger partial charge on any atom is 0.353 e. The van der Waals surface area contributed by atoms with Gasteiger partial charge in [0, 0.05) is 0 Å². The first-order valence-electron chi connectivity index (χ1n) is 5.58. The number of carboxylic acids is 1. The van der Waals surface area contributed by atoms with Crippen LogP contribution in [0.3, 0.4) is 0 Å². The number of ether oxygens (including phenoxy) is 1. The number of hydrogen-bond acceptors (Lipinski definition) is 10. The molecule has 0 amide bonds. The van der Waals surface area contributed by atoms with E-state index in [1.54, 1.807) is 0 Å². The van der Waals surface area contributed by atoms with E-state index in [2.05, 4.69) is 15.3 Å². The fourth-order valence-corrected chi connectivity index (χ4v) is 1.81. The third kappa shape index (κ3) is 2.67. The highest BCUT2D eigenvalue weighted by Gasteiger charge is 2.47. The van der Waals surface area contributed by atoms with Crippen LogP contribution in [0.1, 0.15) is 0 Å². The van der Waals surface area contributed by atoms with Crippen molar-refractivity contribution in [3.63, 3.8) is 0 Å². The molecule has 6 N–H and O–H groups in total. The number of nitrogen functional groups attached to an aromatic ring is 1. The summed E-state index contributed by atoms with van der Waals surface area (Å²) in [4.78, 5) is 27.9. The van der Waals surface area contributed by atoms with Crippen molar-refractivity contribution in [2.24, 2.45) is 0 Å². The van der Waals surface area contributed by atoms with Gasteiger partial charge in [-0.1, -0.05) is 0 Å². The number of carboxylic acid groups (broad SMARTS) is 1. The van der Waals surface area contributed by atoms with E-state index in [0.29, 0.717) is 0 Å². The van der Waals surface area contributed by atoms with Gasteiger partial charge in [0.15, 0.2) is 12.3 Å². The Kier molecular flexibility index (Phi) is 3.84. The highest BCUT2D eigenvalue weighted by Crippen LogP contribution is 2.30. The van der Waals surface area contributed by atoms with Crippen molar-refractivity contribution >= 4 is 23.3 Å². The second-order valence-corrected chi connectivity index (χ2v) is 4.15. The minimum absolute atomic E-state index is 0.366. The zero-order chi connectivity index (χ0) is 15.7. The average molecular weight is 301 g/mol. The zero-order valence-electron chi connectivity index (χ0n) is 10.3. The molecule has 1 saturated heterocycles. The summed E-state index contributed by atoms with van der Waals surface area (Å²) in [6, 6.07) is 0. The van der Waals surface area contributed by atoms with Crippen LogP contribution in [-0.2, 0) is 9.53 Å². The monoisotopic (exact) mass is 301 g/mol. The van der Waals surface area contributed by atoms with E-state index in [9.17, 15) is 25.1 Å². The van der Waals surface area contributed by atoms with Crippen molar-refractivity contribution in [1.29, 1.82) is 0 Å². The number of aliphatic carboxylic acids is 1. The Morgan fingerprint density at radius 3 is 2.62 bits per heavy atom. The molecule has 114 valence electrons. The van der Waals surface area contributed by atoms with Crippen LogP contribution in [-0.4, -0.2) is 60.7 Å². The van der Waals surface area contributed by atoms with E-state index in [0.717, 1.165) is 6.33 Å². The van der Waals surface area contributed by atoms with Crippen LogP contribution < -0.4 is 11.1 Å². The lowest BCUT2D eigenvalue weighted by molar-refractivity contribution is -0.383. The summed E-state index contributed by atoms with van der Waals surface area (Å²) in [7, 11) is 0. The van der Waals surface area contributed by atoms with Crippen LogP contribution >= 0.6 is 0 Å². The molecule has 0 aliphatic carbocycles. The fourth-order valence-electron chi connectivity index (χ4n) is 1.81. The summed E-state index contributed by atoms with van der Waals surface area (Å²) >= 11 is 0. The van der Waals surface area contributed by atoms with Crippen molar-refractivity contribution < 1.29 is 29.8 Å². The quantitative estimate of drug-likeness (QED) is 0.302. The molecule has 0 bridgehead atoms. The standard InChI is InChI=1S/C9H11N5O7/c10-6-2(14(19)20)7(12-1-11-6)13-8-4(16)3(15)5(21-8)9(17)18/h1,3-5,8,15-16H,(H,17,18)(H3,10,11,12,13)/t3-,4+,5-,8+/m0/s1. The number of nitrogens with zero attached hydrogens (tertiary/aromatic N) is 3. The molecule has 0 spiro atoms. The van der Waals surface area contributed by atoms with Gasteiger partial charge in [-0.25, -0.2) is 14.8 Å². The molecule has 4 atom stereocenters. The first-order valence-corrected chi connectivity index (χ1v) is 5.58. The number of nitro groups is 1. The maximum atomic E-state index is 10.9. The van der Waals surface area contributed by atoms with E-state index in [-0.39, 0.29) is 5.82 Å². The number of rotatable bonds is 4. The van der Waals surface area contributed by atoms with Crippen molar-refractivity contribution in [2.45, 2.75) is 24.5 Å². The minimum Gasteiger partial charge on any atom is -0.479 e.